The molecule has 0 N–H and O–H groups in total. The van der Waals surface area contributed by atoms with Crippen LogP contribution in [0.3, 0.4) is 0 Å². The number of aryl methyl sites for hydroxylation is 1. The lowest BCUT2D eigenvalue weighted by Crippen LogP contribution is -2.20. The van der Waals surface area contributed by atoms with Crippen LogP contribution >= 0.6 is 0 Å². The first-order valence-corrected chi connectivity index (χ1v) is 10.5. The van der Waals surface area contributed by atoms with Crippen LogP contribution in [0.5, 0.6) is 11.5 Å². The van der Waals surface area contributed by atoms with Gasteiger partial charge in [-0.25, -0.2) is 0 Å². The molecule has 0 amide bonds. The Labute approximate surface area is 186 Å². The number of fused-ring (bicyclic) bond motifs is 1. The standard InChI is InChI=1S/C27H25NO4/c1-4-32-21-11-9-20(10-12-21)26(29)24-17-28(16-19-6-5-7-22(15-19)31-3)25-13-8-18(2)14-23(25)27(24)30/h5-15,17H,4,16H2,1-3H3. The van der Waals surface area contributed by atoms with Gasteiger partial charge in [0.1, 0.15) is 11.5 Å². The average Bonchev–Trinajstić information content (AvgIpc) is 2.81. The van der Waals surface area contributed by atoms with Gasteiger partial charge in [-0.15, -0.1) is 0 Å². The summed E-state index contributed by atoms with van der Waals surface area (Å²) in [5.41, 5.74) is 3.10. The number of rotatable bonds is 7. The van der Waals surface area contributed by atoms with E-state index in [0.29, 0.717) is 29.9 Å². The number of pyridine rings is 1. The predicted octanol–water partition coefficient (Wildman–Crippen LogP) is 5.00. The predicted molar refractivity (Wildman–Crippen MR) is 126 cm³/mol. The summed E-state index contributed by atoms with van der Waals surface area (Å²) in [5.74, 6) is 1.14. The maximum Gasteiger partial charge on any atom is 0.200 e. The summed E-state index contributed by atoms with van der Waals surface area (Å²) in [6.07, 6.45) is 1.66. The Morgan fingerprint density at radius 2 is 1.75 bits per heavy atom. The minimum atomic E-state index is -0.305. The van der Waals surface area contributed by atoms with Gasteiger partial charge in [-0.3, -0.25) is 9.59 Å². The minimum Gasteiger partial charge on any atom is -0.497 e. The van der Waals surface area contributed by atoms with Gasteiger partial charge in [0.25, 0.3) is 0 Å². The third kappa shape index (κ3) is 4.28. The number of ether oxygens (including phenoxy) is 2. The zero-order chi connectivity index (χ0) is 22.7. The molecule has 0 spiro atoms. The SMILES string of the molecule is CCOc1ccc(C(=O)c2cn(Cc3cccc(OC)c3)c3ccc(C)cc3c2=O)cc1. The highest BCUT2D eigenvalue weighted by Crippen LogP contribution is 2.20. The second kappa shape index (κ2) is 9.10. The highest BCUT2D eigenvalue weighted by atomic mass is 16.5. The van der Waals surface area contributed by atoms with Gasteiger partial charge in [0, 0.05) is 23.7 Å². The van der Waals surface area contributed by atoms with Gasteiger partial charge in [-0.2, -0.15) is 0 Å². The van der Waals surface area contributed by atoms with Crippen LogP contribution in [0.15, 0.2) is 77.7 Å². The van der Waals surface area contributed by atoms with Crippen LogP contribution < -0.4 is 14.9 Å². The number of hydrogen-bond donors (Lipinski definition) is 0. The summed E-state index contributed by atoms with van der Waals surface area (Å²) in [5, 5.41) is 0.532. The fourth-order valence-corrected chi connectivity index (χ4v) is 3.80. The molecule has 0 aliphatic rings. The van der Waals surface area contributed by atoms with E-state index in [4.69, 9.17) is 9.47 Å². The molecule has 5 heteroatoms. The first-order chi connectivity index (χ1) is 15.5. The van der Waals surface area contributed by atoms with Crippen molar-refractivity contribution in [2.45, 2.75) is 20.4 Å². The zero-order valence-corrected chi connectivity index (χ0v) is 18.4. The van der Waals surface area contributed by atoms with E-state index in [0.717, 1.165) is 22.4 Å². The third-order valence-electron chi connectivity index (χ3n) is 5.39. The molecule has 4 rings (SSSR count). The molecule has 0 saturated heterocycles. The number of carbonyl (C=O) groups excluding carboxylic acids is 1. The van der Waals surface area contributed by atoms with E-state index in [1.165, 1.54) is 0 Å². The molecule has 0 saturated carbocycles. The van der Waals surface area contributed by atoms with Crippen LogP contribution in [0.25, 0.3) is 10.9 Å². The van der Waals surface area contributed by atoms with Crippen molar-refractivity contribution in [3.8, 4) is 11.5 Å². The normalized spacial score (nSPS) is 10.8. The van der Waals surface area contributed by atoms with E-state index in [1.807, 2.05) is 60.9 Å². The maximum atomic E-state index is 13.3. The molecule has 32 heavy (non-hydrogen) atoms. The number of methoxy groups -OCH3 is 1. The molecule has 5 nitrogen and oxygen atoms in total. The summed E-state index contributed by atoms with van der Waals surface area (Å²) in [6.45, 7) is 4.89. The van der Waals surface area contributed by atoms with Crippen molar-refractivity contribution < 1.29 is 14.3 Å². The Morgan fingerprint density at radius 1 is 0.969 bits per heavy atom. The maximum absolute atomic E-state index is 13.3. The van der Waals surface area contributed by atoms with E-state index < -0.39 is 0 Å². The first-order valence-electron chi connectivity index (χ1n) is 10.5. The van der Waals surface area contributed by atoms with Crippen molar-refractivity contribution in [1.82, 2.24) is 4.57 Å². The first kappa shape index (κ1) is 21.4. The monoisotopic (exact) mass is 427 g/mol. The lowest BCUT2D eigenvalue weighted by Gasteiger charge is -2.15. The molecule has 0 bridgehead atoms. The molecule has 0 aliphatic heterocycles. The van der Waals surface area contributed by atoms with E-state index >= 15 is 0 Å². The number of carbonyl (C=O) groups is 1. The van der Waals surface area contributed by atoms with Crippen LogP contribution in [0.2, 0.25) is 0 Å². The Hall–Kier alpha value is -3.86. The number of nitrogens with zero attached hydrogens (tertiary/aromatic N) is 1. The fourth-order valence-electron chi connectivity index (χ4n) is 3.80. The lowest BCUT2D eigenvalue weighted by molar-refractivity contribution is 0.103. The molecule has 0 aliphatic carbocycles. The second-order valence-corrected chi connectivity index (χ2v) is 7.66. The van der Waals surface area contributed by atoms with Gasteiger partial charge in [0.2, 0.25) is 5.43 Å². The molecule has 1 heterocycles. The van der Waals surface area contributed by atoms with Crippen molar-refractivity contribution in [1.29, 1.82) is 0 Å². The molecule has 3 aromatic carbocycles. The highest BCUT2D eigenvalue weighted by Gasteiger charge is 2.18. The van der Waals surface area contributed by atoms with Gasteiger partial charge in [-0.1, -0.05) is 23.8 Å². The van der Waals surface area contributed by atoms with Crippen LogP contribution in [0.1, 0.15) is 34.0 Å². The van der Waals surface area contributed by atoms with Crippen molar-refractivity contribution >= 4 is 16.7 Å². The smallest absolute Gasteiger partial charge is 0.200 e. The van der Waals surface area contributed by atoms with E-state index in [-0.39, 0.29) is 16.8 Å². The van der Waals surface area contributed by atoms with Gasteiger partial charge in [0.05, 0.1) is 24.8 Å². The van der Waals surface area contributed by atoms with Crippen molar-refractivity contribution in [2.24, 2.45) is 0 Å². The number of hydrogen-bond acceptors (Lipinski definition) is 4. The molecular formula is C27H25NO4. The molecule has 0 fully saturated rings. The third-order valence-corrected chi connectivity index (χ3v) is 5.39. The molecule has 1 aromatic heterocycles. The fraction of sp³-hybridized carbons (Fsp3) is 0.185. The summed E-state index contributed by atoms with van der Waals surface area (Å²) >= 11 is 0. The van der Waals surface area contributed by atoms with Gasteiger partial charge >= 0.3 is 0 Å². The zero-order valence-electron chi connectivity index (χ0n) is 18.4. The topological polar surface area (TPSA) is 57.5 Å². The lowest BCUT2D eigenvalue weighted by atomic mass is 10.0. The molecule has 0 unspecified atom stereocenters. The van der Waals surface area contributed by atoms with Crippen LogP contribution in [0, 0.1) is 6.92 Å². The summed E-state index contributed by atoms with van der Waals surface area (Å²) < 4.78 is 12.7. The largest absolute Gasteiger partial charge is 0.497 e. The van der Waals surface area contributed by atoms with Crippen LogP contribution in [-0.2, 0) is 6.54 Å². The molecule has 162 valence electrons. The minimum absolute atomic E-state index is 0.148. The summed E-state index contributed by atoms with van der Waals surface area (Å²) in [7, 11) is 1.63. The van der Waals surface area contributed by atoms with Gasteiger partial charge < -0.3 is 14.0 Å². The number of benzene rings is 3. The highest BCUT2D eigenvalue weighted by molar-refractivity contribution is 6.10. The Bertz CT molecular complexity index is 1340. The average molecular weight is 428 g/mol. The summed E-state index contributed by atoms with van der Waals surface area (Å²) in [4.78, 5) is 26.6. The molecule has 4 aromatic rings. The molecular weight excluding hydrogens is 402 g/mol. The quantitative estimate of drug-likeness (QED) is 0.390. The van der Waals surface area contributed by atoms with Gasteiger partial charge in [-0.05, 0) is 67.9 Å². The Balaban J connectivity index is 1.82. The summed E-state index contributed by atoms with van der Waals surface area (Å²) in [6, 6.07) is 20.4. The van der Waals surface area contributed by atoms with E-state index in [2.05, 4.69) is 0 Å². The Kier molecular flexibility index (Phi) is 6.08. The van der Waals surface area contributed by atoms with Gasteiger partial charge in [0.15, 0.2) is 5.78 Å². The van der Waals surface area contributed by atoms with Crippen molar-refractivity contribution in [2.75, 3.05) is 13.7 Å². The molecule has 0 radical (unpaired) electrons. The second-order valence-electron chi connectivity index (χ2n) is 7.66. The van der Waals surface area contributed by atoms with Crippen LogP contribution in [-0.4, -0.2) is 24.1 Å². The number of aromatic nitrogens is 1. The Morgan fingerprint density at radius 3 is 2.47 bits per heavy atom. The van der Waals surface area contributed by atoms with Crippen LogP contribution in [0.4, 0.5) is 0 Å². The van der Waals surface area contributed by atoms with Crippen molar-refractivity contribution in [3.05, 3.63) is 105 Å². The van der Waals surface area contributed by atoms with E-state index in [1.54, 1.807) is 37.6 Å². The van der Waals surface area contributed by atoms with E-state index in [9.17, 15) is 9.59 Å². The number of ketones is 1. The molecule has 0 atom stereocenters. The van der Waals surface area contributed by atoms with Crippen molar-refractivity contribution in [3.63, 3.8) is 0 Å².